The standard InChI is InChI=1S/C25H21N5O4S/c31-24(19-15-33-17-6-2-3-7-18(17)34-19)29-11-13-30(14-12-29)25(32)22-21(26-9-10-27-22)23-28-16-5-1-4-8-20(16)35-23/h1-10,19H,11-15H2. The van der Waals surface area contributed by atoms with Gasteiger partial charge in [0.15, 0.2) is 17.2 Å². The number of carbonyl (C=O) groups is 2. The van der Waals surface area contributed by atoms with E-state index >= 15 is 0 Å². The highest BCUT2D eigenvalue weighted by molar-refractivity contribution is 7.21. The number of benzene rings is 2. The molecule has 1 unspecified atom stereocenters. The zero-order valence-electron chi connectivity index (χ0n) is 18.7. The molecule has 0 spiro atoms. The van der Waals surface area contributed by atoms with E-state index < -0.39 is 6.10 Å². The second-order valence-corrected chi connectivity index (χ2v) is 9.25. The van der Waals surface area contributed by atoms with Crippen molar-refractivity contribution in [2.45, 2.75) is 6.10 Å². The number of para-hydroxylation sites is 3. The first-order valence-electron chi connectivity index (χ1n) is 11.3. The van der Waals surface area contributed by atoms with E-state index in [-0.39, 0.29) is 24.1 Å². The van der Waals surface area contributed by atoms with Gasteiger partial charge in [-0.15, -0.1) is 11.3 Å². The maximum absolute atomic E-state index is 13.4. The van der Waals surface area contributed by atoms with Crippen LogP contribution in [0.1, 0.15) is 10.5 Å². The normalized spacial score (nSPS) is 17.4. The van der Waals surface area contributed by atoms with Crippen molar-refractivity contribution in [3.05, 3.63) is 66.6 Å². The molecule has 2 aliphatic heterocycles. The summed E-state index contributed by atoms with van der Waals surface area (Å²) in [5.74, 6) is 0.850. The van der Waals surface area contributed by atoms with E-state index in [1.165, 1.54) is 17.5 Å². The summed E-state index contributed by atoms with van der Waals surface area (Å²) in [6, 6.07) is 15.1. The van der Waals surface area contributed by atoms with Crippen LogP contribution in [0.4, 0.5) is 0 Å². The number of thiazole rings is 1. The fourth-order valence-corrected chi connectivity index (χ4v) is 5.21. The van der Waals surface area contributed by atoms with Crippen molar-refractivity contribution < 1.29 is 19.1 Å². The summed E-state index contributed by atoms with van der Waals surface area (Å²) in [4.78, 5) is 43.2. The van der Waals surface area contributed by atoms with Gasteiger partial charge in [-0.2, -0.15) is 0 Å². The quantitative estimate of drug-likeness (QED) is 0.438. The molecule has 176 valence electrons. The van der Waals surface area contributed by atoms with Gasteiger partial charge in [-0.05, 0) is 24.3 Å². The summed E-state index contributed by atoms with van der Waals surface area (Å²) in [6.07, 6.45) is 2.39. The molecule has 35 heavy (non-hydrogen) atoms. The number of fused-ring (bicyclic) bond motifs is 2. The lowest BCUT2D eigenvalue weighted by molar-refractivity contribution is -0.142. The van der Waals surface area contributed by atoms with E-state index in [1.807, 2.05) is 42.5 Å². The minimum Gasteiger partial charge on any atom is -0.485 e. The summed E-state index contributed by atoms with van der Waals surface area (Å²) >= 11 is 1.48. The highest BCUT2D eigenvalue weighted by Crippen LogP contribution is 2.32. The summed E-state index contributed by atoms with van der Waals surface area (Å²) in [7, 11) is 0. The highest BCUT2D eigenvalue weighted by Gasteiger charge is 2.34. The Morgan fingerprint density at radius 3 is 2.43 bits per heavy atom. The van der Waals surface area contributed by atoms with Gasteiger partial charge >= 0.3 is 0 Å². The van der Waals surface area contributed by atoms with E-state index in [4.69, 9.17) is 9.47 Å². The van der Waals surface area contributed by atoms with Crippen molar-refractivity contribution in [3.8, 4) is 22.2 Å². The minimum absolute atomic E-state index is 0.138. The lowest BCUT2D eigenvalue weighted by Crippen LogP contribution is -2.55. The number of nitrogens with zero attached hydrogens (tertiary/aromatic N) is 5. The molecule has 4 aromatic rings. The van der Waals surface area contributed by atoms with Crippen LogP contribution >= 0.6 is 11.3 Å². The van der Waals surface area contributed by atoms with E-state index in [0.717, 1.165) is 10.2 Å². The summed E-state index contributed by atoms with van der Waals surface area (Å²) in [5, 5.41) is 0.659. The van der Waals surface area contributed by atoms with Crippen molar-refractivity contribution in [2.75, 3.05) is 32.8 Å². The zero-order chi connectivity index (χ0) is 23.8. The van der Waals surface area contributed by atoms with Gasteiger partial charge in [0.05, 0.1) is 10.2 Å². The predicted octanol–water partition coefficient (Wildman–Crippen LogP) is 2.88. The van der Waals surface area contributed by atoms with Crippen molar-refractivity contribution in [3.63, 3.8) is 0 Å². The molecular weight excluding hydrogens is 466 g/mol. The van der Waals surface area contributed by atoms with Crippen LogP contribution in [0.25, 0.3) is 20.9 Å². The van der Waals surface area contributed by atoms with Gasteiger partial charge in [0.2, 0.25) is 6.10 Å². The van der Waals surface area contributed by atoms with E-state index in [0.29, 0.717) is 48.4 Å². The molecule has 0 saturated carbocycles. The third-order valence-corrected chi connectivity index (χ3v) is 7.10. The first kappa shape index (κ1) is 21.5. The fourth-order valence-electron chi connectivity index (χ4n) is 4.25. The van der Waals surface area contributed by atoms with E-state index in [1.54, 1.807) is 22.1 Å². The monoisotopic (exact) mass is 487 g/mol. The van der Waals surface area contributed by atoms with Gasteiger partial charge in [0.25, 0.3) is 11.8 Å². The summed E-state index contributed by atoms with van der Waals surface area (Å²) in [5.41, 5.74) is 1.61. The molecule has 1 atom stereocenters. The van der Waals surface area contributed by atoms with Crippen LogP contribution in [0.2, 0.25) is 0 Å². The van der Waals surface area contributed by atoms with Gasteiger partial charge in [-0.25, -0.2) is 15.0 Å². The number of piperazine rings is 1. The Labute approximate surface area is 205 Å². The molecule has 1 saturated heterocycles. The summed E-state index contributed by atoms with van der Waals surface area (Å²) < 4.78 is 12.6. The second kappa shape index (κ2) is 8.95. The maximum atomic E-state index is 13.4. The van der Waals surface area contributed by atoms with E-state index in [9.17, 15) is 9.59 Å². The third-order valence-electron chi connectivity index (χ3n) is 6.06. The number of hydrogen-bond donors (Lipinski definition) is 0. The molecule has 6 rings (SSSR count). The predicted molar refractivity (Wildman–Crippen MR) is 129 cm³/mol. The number of ether oxygens (including phenoxy) is 2. The molecule has 9 nitrogen and oxygen atoms in total. The summed E-state index contributed by atoms with van der Waals surface area (Å²) in [6.45, 7) is 1.76. The topological polar surface area (TPSA) is 97.8 Å². The van der Waals surface area contributed by atoms with Gasteiger partial charge in [-0.1, -0.05) is 24.3 Å². The Balaban J connectivity index is 1.14. The Bertz CT molecular complexity index is 1380. The van der Waals surface area contributed by atoms with Gasteiger partial charge in [0.1, 0.15) is 17.3 Å². The number of amides is 2. The van der Waals surface area contributed by atoms with Crippen molar-refractivity contribution >= 4 is 33.4 Å². The van der Waals surface area contributed by atoms with Gasteiger partial charge in [-0.3, -0.25) is 9.59 Å². The van der Waals surface area contributed by atoms with E-state index in [2.05, 4.69) is 15.0 Å². The maximum Gasteiger partial charge on any atom is 0.274 e. The molecule has 2 aromatic heterocycles. The lowest BCUT2D eigenvalue weighted by atomic mass is 10.2. The Kier molecular flexibility index (Phi) is 5.49. The van der Waals surface area contributed by atoms with Crippen LogP contribution in [0.5, 0.6) is 11.5 Å². The van der Waals surface area contributed by atoms with Crippen molar-refractivity contribution in [2.24, 2.45) is 0 Å². The first-order valence-corrected chi connectivity index (χ1v) is 12.1. The van der Waals surface area contributed by atoms with Gasteiger partial charge in [0, 0.05) is 38.6 Å². The van der Waals surface area contributed by atoms with Crippen LogP contribution in [0.15, 0.2) is 60.9 Å². The third kappa shape index (κ3) is 4.06. The number of aromatic nitrogens is 3. The highest BCUT2D eigenvalue weighted by atomic mass is 32.1. The Morgan fingerprint density at radius 1 is 0.886 bits per heavy atom. The Morgan fingerprint density at radius 2 is 1.60 bits per heavy atom. The van der Waals surface area contributed by atoms with Crippen LogP contribution in [0, 0.1) is 0 Å². The molecule has 0 radical (unpaired) electrons. The number of rotatable bonds is 3. The van der Waals surface area contributed by atoms with Gasteiger partial charge < -0.3 is 19.3 Å². The molecule has 10 heteroatoms. The van der Waals surface area contributed by atoms with Crippen molar-refractivity contribution in [1.29, 1.82) is 0 Å². The fraction of sp³-hybridized carbons (Fsp3) is 0.240. The molecule has 2 aliphatic rings. The average Bonchev–Trinajstić information content (AvgIpc) is 3.36. The number of hydrogen-bond acceptors (Lipinski definition) is 8. The second-order valence-electron chi connectivity index (χ2n) is 8.22. The smallest absolute Gasteiger partial charge is 0.274 e. The first-order chi connectivity index (χ1) is 17.2. The molecule has 2 aromatic carbocycles. The molecule has 0 aliphatic carbocycles. The van der Waals surface area contributed by atoms with Crippen LogP contribution in [-0.2, 0) is 4.79 Å². The lowest BCUT2D eigenvalue weighted by Gasteiger charge is -2.37. The Hall–Kier alpha value is -4.05. The average molecular weight is 488 g/mol. The molecular formula is C25H21N5O4S. The molecule has 0 N–H and O–H groups in total. The van der Waals surface area contributed by atoms with Crippen LogP contribution in [-0.4, -0.2) is 75.5 Å². The molecule has 2 amide bonds. The van der Waals surface area contributed by atoms with Crippen LogP contribution < -0.4 is 9.47 Å². The zero-order valence-corrected chi connectivity index (χ0v) is 19.5. The minimum atomic E-state index is -0.697. The largest absolute Gasteiger partial charge is 0.485 e. The molecule has 1 fully saturated rings. The molecule has 4 heterocycles. The van der Waals surface area contributed by atoms with Crippen molar-refractivity contribution in [1.82, 2.24) is 24.8 Å². The number of carbonyl (C=O) groups excluding carboxylic acids is 2. The van der Waals surface area contributed by atoms with Crippen LogP contribution in [0.3, 0.4) is 0 Å². The SMILES string of the molecule is O=C(c1nccnc1-c1nc2ccccc2s1)N1CCN(C(=O)C2COc3ccccc3O2)CC1. The molecule has 0 bridgehead atoms.